The summed E-state index contributed by atoms with van der Waals surface area (Å²) in [5.41, 5.74) is 0. The average Bonchev–Trinajstić information content (AvgIpc) is 2.61. The first kappa shape index (κ1) is 20.8. The van der Waals surface area contributed by atoms with Gasteiger partial charge in [-0.3, -0.25) is 5.32 Å². The number of para-hydroxylation sites is 1. The van der Waals surface area contributed by atoms with Crippen molar-refractivity contribution >= 4 is 52.5 Å². The van der Waals surface area contributed by atoms with Gasteiger partial charge in [0.15, 0.2) is 0 Å². The van der Waals surface area contributed by atoms with Crippen molar-refractivity contribution in [2.24, 2.45) is 0 Å². The summed E-state index contributed by atoms with van der Waals surface area (Å²) in [6.45, 7) is 0.0566. The lowest BCUT2D eigenvalue weighted by Gasteiger charge is -2.17. The molecule has 1 amide bonds. The van der Waals surface area contributed by atoms with Crippen molar-refractivity contribution in [1.29, 1.82) is 0 Å². The Morgan fingerprint density at radius 1 is 1.04 bits per heavy atom. The van der Waals surface area contributed by atoms with Gasteiger partial charge in [-0.15, -0.1) is 11.6 Å². The minimum absolute atomic E-state index is 0.0312. The number of rotatable bonds is 8. The molecule has 2 aromatic rings. The van der Waals surface area contributed by atoms with Crippen LogP contribution in [0, 0.1) is 0 Å². The molecular weight excluding hydrogens is 424 g/mol. The predicted octanol–water partition coefficient (Wildman–Crippen LogP) is 5.61. The van der Waals surface area contributed by atoms with Crippen LogP contribution < -0.4 is 14.8 Å². The summed E-state index contributed by atoms with van der Waals surface area (Å²) in [6.07, 6.45) is -0.808. The Morgan fingerprint density at radius 2 is 1.77 bits per heavy atom. The Morgan fingerprint density at radius 3 is 2.42 bits per heavy atom. The zero-order valence-corrected chi connectivity index (χ0v) is 16.4. The number of carbonyl (C=O) groups excluding carboxylic acids is 1. The van der Waals surface area contributed by atoms with E-state index in [-0.39, 0.29) is 19.1 Å². The topological polar surface area (TPSA) is 56.8 Å². The molecule has 0 aromatic heterocycles. The molecule has 0 bridgehead atoms. The summed E-state index contributed by atoms with van der Waals surface area (Å²) >= 11 is 23.0. The Kier molecular flexibility index (Phi) is 7.97. The highest BCUT2D eigenvalue weighted by Gasteiger charge is 2.25. The molecule has 0 aliphatic carbocycles. The third kappa shape index (κ3) is 7.00. The molecule has 0 unspecified atom stereocenters. The van der Waals surface area contributed by atoms with Gasteiger partial charge in [0.2, 0.25) is 4.46 Å². The molecule has 2 rings (SSSR count). The van der Waals surface area contributed by atoms with Crippen molar-refractivity contribution in [1.82, 2.24) is 5.32 Å². The van der Waals surface area contributed by atoms with E-state index in [9.17, 15) is 4.79 Å². The molecule has 0 saturated carbocycles. The zero-order valence-electron chi connectivity index (χ0n) is 13.4. The summed E-state index contributed by atoms with van der Waals surface area (Å²) in [7, 11) is 0. The van der Waals surface area contributed by atoms with Crippen molar-refractivity contribution in [3.63, 3.8) is 0 Å². The van der Waals surface area contributed by atoms with E-state index in [2.05, 4.69) is 5.32 Å². The number of alkyl carbamates (subject to hydrolysis) is 1. The van der Waals surface area contributed by atoms with Crippen LogP contribution in [0.15, 0.2) is 48.5 Å². The van der Waals surface area contributed by atoms with E-state index in [1.807, 2.05) is 30.3 Å². The number of halogens is 4. The van der Waals surface area contributed by atoms with Gasteiger partial charge in [0.1, 0.15) is 30.5 Å². The molecular formula is C17H15Cl4NO4. The molecule has 0 aliphatic heterocycles. The Bertz CT molecular complexity index is 728. The Balaban J connectivity index is 1.79. The van der Waals surface area contributed by atoms with E-state index >= 15 is 0 Å². The van der Waals surface area contributed by atoms with E-state index in [1.54, 1.807) is 18.2 Å². The fourth-order valence-corrected chi connectivity index (χ4v) is 2.24. The molecule has 0 aliphatic rings. The van der Waals surface area contributed by atoms with Gasteiger partial charge in [-0.1, -0.05) is 53.0 Å². The first-order valence-electron chi connectivity index (χ1n) is 7.43. The maximum absolute atomic E-state index is 11.5. The van der Waals surface area contributed by atoms with Crippen LogP contribution in [0.25, 0.3) is 0 Å². The van der Waals surface area contributed by atoms with Gasteiger partial charge in [-0.25, -0.2) is 4.79 Å². The van der Waals surface area contributed by atoms with Crippen molar-refractivity contribution in [2.75, 3.05) is 19.1 Å². The molecule has 0 atom stereocenters. The van der Waals surface area contributed by atoms with E-state index in [1.165, 1.54) is 0 Å². The van der Waals surface area contributed by atoms with Crippen LogP contribution >= 0.6 is 46.4 Å². The lowest BCUT2D eigenvalue weighted by Crippen LogP contribution is -2.41. The number of nitrogens with one attached hydrogen (secondary N) is 1. The largest absolute Gasteiger partial charge is 0.488 e. The van der Waals surface area contributed by atoms with E-state index in [0.29, 0.717) is 22.3 Å². The molecule has 9 heteroatoms. The number of amides is 1. The molecule has 26 heavy (non-hydrogen) atoms. The standard InChI is InChI=1S/C17H15Cl4NO4/c18-11-17(20,21)22-16(23)25-9-8-24-15-7-6-13(10-14(15)19)26-12-4-2-1-3-5-12/h1-7,10H,8-9,11H2,(H,22,23). The number of carbonyl (C=O) groups is 1. The molecule has 0 radical (unpaired) electrons. The second-order valence-corrected chi connectivity index (χ2v) is 7.11. The molecule has 0 fully saturated rings. The molecule has 5 nitrogen and oxygen atoms in total. The van der Waals surface area contributed by atoms with E-state index in [4.69, 9.17) is 60.6 Å². The predicted molar refractivity (Wildman–Crippen MR) is 103 cm³/mol. The Hall–Kier alpha value is -1.53. The monoisotopic (exact) mass is 437 g/mol. The summed E-state index contributed by atoms with van der Waals surface area (Å²) in [5, 5.41) is 2.55. The average molecular weight is 439 g/mol. The van der Waals surface area contributed by atoms with Crippen molar-refractivity contribution in [3.05, 3.63) is 53.6 Å². The maximum atomic E-state index is 11.5. The Labute approximate surface area is 171 Å². The van der Waals surface area contributed by atoms with Crippen LogP contribution in [-0.4, -0.2) is 29.6 Å². The fraction of sp³-hybridized carbons (Fsp3) is 0.235. The van der Waals surface area contributed by atoms with Crippen molar-refractivity contribution in [3.8, 4) is 17.2 Å². The smallest absolute Gasteiger partial charge is 0.409 e. The molecule has 140 valence electrons. The van der Waals surface area contributed by atoms with Gasteiger partial charge >= 0.3 is 6.09 Å². The van der Waals surface area contributed by atoms with Gasteiger partial charge in [0.05, 0.1) is 10.9 Å². The molecule has 0 saturated heterocycles. The van der Waals surface area contributed by atoms with Crippen LogP contribution in [0.1, 0.15) is 0 Å². The van der Waals surface area contributed by atoms with Crippen LogP contribution in [0.3, 0.4) is 0 Å². The summed E-state index contributed by atoms with van der Waals surface area (Å²) in [6, 6.07) is 14.3. The fourth-order valence-electron chi connectivity index (χ4n) is 1.79. The molecule has 2 aromatic carbocycles. The SMILES string of the molecule is O=C(NC(Cl)(Cl)CCl)OCCOc1ccc(Oc2ccccc2)cc1Cl. The number of hydrogen-bond acceptors (Lipinski definition) is 4. The van der Waals surface area contributed by atoms with Gasteiger partial charge in [0, 0.05) is 6.07 Å². The van der Waals surface area contributed by atoms with Crippen LogP contribution in [0.5, 0.6) is 17.2 Å². The highest BCUT2D eigenvalue weighted by molar-refractivity contribution is 6.51. The molecule has 0 spiro atoms. The normalized spacial score (nSPS) is 10.9. The van der Waals surface area contributed by atoms with Gasteiger partial charge in [-0.2, -0.15) is 0 Å². The van der Waals surface area contributed by atoms with Crippen LogP contribution in [0.4, 0.5) is 4.79 Å². The maximum Gasteiger partial charge on any atom is 0.409 e. The van der Waals surface area contributed by atoms with Crippen LogP contribution in [-0.2, 0) is 4.74 Å². The third-order valence-corrected chi connectivity index (χ3v) is 4.34. The number of benzene rings is 2. The lowest BCUT2D eigenvalue weighted by molar-refractivity contribution is 0.123. The van der Waals surface area contributed by atoms with Crippen LogP contribution in [0.2, 0.25) is 5.02 Å². The highest BCUT2D eigenvalue weighted by atomic mass is 35.5. The second kappa shape index (κ2) is 9.97. The minimum atomic E-state index is -1.59. The molecule has 0 heterocycles. The van der Waals surface area contributed by atoms with E-state index in [0.717, 1.165) is 0 Å². The molecule has 1 N–H and O–H groups in total. The minimum Gasteiger partial charge on any atom is -0.488 e. The first-order chi connectivity index (χ1) is 12.4. The number of ether oxygens (including phenoxy) is 3. The van der Waals surface area contributed by atoms with E-state index < -0.39 is 10.6 Å². The number of alkyl halides is 3. The summed E-state index contributed by atoms with van der Waals surface area (Å²) in [5.74, 6) is 1.52. The first-order valence-corrected chi connectivity index (χ1v) is 9.10. The summed E-state index contributed by atoms with van der Waals surface area (Å²) in [4.78, 5) is 11.5. The second-order valence-electron chi connectivity index (χ2n) is 4.95. The van der Waals surface area contributed by atoms with Gasteiger partial charge in [0.25, 0.3) is 0 Å². The third-order valence-electron chi connectivity index (χ3n) is 2.91. The van der Waals surface area contributed by atoms with Gasteiger partial charge < -0.3 is 14.2 Å². The highest BCUT2D eigenvalue weighted by Crippen LogP contribution is 2.31. The van der Waals surface area contributed by atoms with Crippen molar-refractivity contribution < 1.29 is 19.0 Å². The lowest BCUT2D eigenvalue weighted by atomic mass is 10.3. The number of hydrogen-bond donors (Lipinski definition) is 1. The zero-order chi connectivity index (χ0) is 19.0. The van der Waals surface area contributed by atoms with Crippen molar-refractivity contribution in [2.45, 2.75) is 4.46 Å². The quantitative estimate of drug-likeness (QED) is 0.330. The van der Waals surface area contributed by atoms with Gasteiger partial charge in [-0.05, 0) is 24.3 Å². The summed E-state index contributed by atoms with van der Waals surface area (Å²) < 4.78 is 14.4.